The fourth-order valence-electron chi connectivity index (χ4n) is 3.59. The van der Waals surface area contributed by atoms with Crippen molar-refractivity contribution in [3.05, 3.63) is 80.7 Å². The Morgan fingerprint density at radius 2 is 2.00 bits per heavy atom. The van der Waals surface area contributed by atoms with Gasteiger partial charge in [-0.3, -0.25) is 19.2 Å². The van der Waals surface area contributed by atoms with Gasteiger partial charge in [0.1, 0.15) is 4.21 Å². The molecule has 3 aromatic rings. The van der Waals surface area contributed by atoms with E-state index in [-0.39, 0.29) is 15.5 Å². The summed E-state index contributed by atoms with van der Waals surface area (Å²) < 4.78 is 27.8. The van der Waals surface area contributed by atoms with Crippen molar-refractivity contribution in [3.63, 3.8) is 0 Å². The molecule has 4 rings (SSSR count). The molecule has 1 aromatic heterocycles. The van der Waals surface area contributed by atoms with Crippen LogP contribution < -0.4 is 9.62 Å². The molecule has 1 amide bonds. The highest BCUT2D eigenvalue weighted by Crippen LogP contribution is 2.35. The minimum absolute atomic E-state index is 0.0558. The van der Waals surface area contributed by atoms with Gasteiger partial charge >= 0.3 is 0 Å². The van der Waals surface area contributed by atoms with Crippen LogP contribution >= 0.6 is 11.3 Å². The summed E-state index contributed by atoms with van der Waals surface area (Å²) in [6, 6.07) is 12.6. The number of carbonyl (C=O) groups excluding carboxylic acids is 1. The molecule has 1 aliphatic rings. The number of hydrogen-bond acceptors (Lipinski definition) is 6. The van der Waals surface area contributed by atoms with Gasteiger partial charge in [-0.15, -0.1) is 11.3 Å². The van der Waals surface area contributed by atoms with Crippen molar-refractivity contribution >= 4 is 44.3 Å². The lowest BCUT2D eigenvalue weighted by Gasteiger charge is -2.30. The molecule has 1 aliphatic heterocycles. The normalized spacial score (nSPS) is 13.5. The Balaban J connectivity index is 1.63. The maximum atomic E-state index is 13.1. The number of anilines is 2. The summed E-state index contributed by atoms with van der Waals surface area (Å²) in [5.74, 6) is -0.429. The maximum Gasteiger partial charge on any atom is 0.273 e. The van der Waals surface area contributed by atoms with Crippen molar-refractivity contribution in [2.45, 2.75) is 24.0 Å². The first-order valence-electron chi connectivity index (χ1n) is 9.53. The van der Waals surface area contributed by atoms with Crippen LogP contribution in [0.2, 0.25) is 0 Å². The maximum absolute atomic E-state index is 13.1. The smallest absolute Gasteiger partial charge is 0.273 e. The molecule has 10 heteroatoms. The Morgan fingerprint density at radius 3 is 2.68 bits per heavy atom. The molecule has 1 N–H and O–H groups in total. The van der Waals surface area contributed by atoms with Crippen molar-refractivity contribution in [2.75, 3.05) is 16.2 Å². The number of hydrogen-bond donors (Lipinski definition) is 1. The van der Waals surface area contributed by atoms with E-state index >= 15 is 0 Å². The summed E-state index contributed by atoms with van der Waals surface area (Å²) in [4.78, 5) is 23.2. The molecule has 8 nitrogen and oxygen atoms in total. The highest BCUT2D eigenvalue weighted by molar-refractivity contribution is 7.94. The lowest BCUT2D eigenvalue weighted by Crippen LogP contribution is -2.35. The van der Waals surface area contributed by atoms with E-state index in [1.54, 1.807) is 36.6 Å². The van der Waals surface area contributed by atoms with E-state index < -0.39 is 20.9 Å². The SMILES string of the molecule is Cc1cc(C(=O)Nc2ccc3c(c2)N(S(=O)(=O)c2cccs2)CCC3)ccc1[N+](=O)[O-]. The van der Waals surface area contributed by atoms with Gasteiger partial charge in [0.2, 0.25) is 0 Å². The molecule has 0 saturated heterocycles. The van der Waals surface area contributed by atoms with Gasteiger partial charge in [0.05, 0.1) is 10.6 Å². The van der Waals surface area contributed by atoms with Crippen LogP contribution in [0.15, 0.2) is 58.1 Å². The van der Waals surface area contributed by atoms with Gasteiger partial charge in [0, 0.05) is 29.4 Å². The number of rotatable bonds is 5. The van der Waals surface area contributed by atoms with Gasteiger partial charge in [-0.05, 0) is 61.0 Å². The molecule has 0 fully saturated rings. The monoisotopic (exact) mass is 457 g/mol. The van der Waals surface area contributed by atoms with Crippen molar-refractivity contribution < 1.29 is 18.1 Å². The van der Waals surface area contributed by atoms with Gasteiger partial charge in [0.25, 0.3) is 21.6 Å². The van der Waals surface area contributed by atoms with Crippen molar-refractivity contribution in [2.24, 2.45) is 0 Å². The van der Waals surface area contributed by atoms with Crippen LogP contribution in [0.4, 0.5) is 17.1 Å². The molecule has 2 aromatic carbocycles. The number of fused-ring (bicyclic) bond motifs is 1. The summed E-state index contributed by atoms with van der Waals surface area (Å²) in [7, 11) is -3.67. The molecule has 0 saturated carbocycles. The third kappa shape index (κ3) is 4.04. The molecule has 0 unspecified atom stereocenters. The van der Waals surface area contributed by atoms with Gasteiger partial charge in [-0.1, -0.05) is 12.1 Å². The van der Waals surface area contributed by atoms with Crippen LogP contribution in [-0.4, -0.2) is 25.8 Å². The first-order valence-corrected chi connectivity index (χ1v) is 11.8. The van der Waals surface area contributed by atoms with Gasteiger partial charge in [-0.25, -0.2) is 8.42 Å². The summed E-state index contributed by atoms with van der Waals surface area (Å²) in [5, 5.41) is 15.5. The van der Waals surface area contributed by atoms with Crippen molar-refractivity contribution in [1.82, 2.24) is 0 Å². The third-order valence-electron chi connectivity index (χ3n) is 5.11. The first-order chi connectivity index (χ1) is 14.8. The largest absolute Gasteiger partial charge is 0.322 e. The average molecular weight is 458 g/mol. The molecule has 0 radical (unpaired) electrons. The number of aryl methyl sites for hydroxylation is 2. The van der Waals surface area contributed by atoms with Crippen LogP contribution in [0.3, 0.4) is 0 Å². The fourth-order valence-corrected chi connectivity index (χ4v) is 6.23. The Hall–Kier alpha value is -3.24. The van der Waals surface area contributed by atoms with Crippen LogP contribution in [0, 0.1) is 17.0 Å². The zero-order valence-corrected chi connectivity index (χ0v) is 18.2. The predicted octanol–water partition coefficient (Wildman–Crippen LogP) is 4.36. The Labute approximate surface area is 183 Å². The molecular weight excluding hydrogens is 438 g/mol. The average Bonchev–Trinajstić information content (AvgIpc) is 3.28. The topological polar surface area (TPSA) is 110 Å². The number of thiophene rings is 1. The van der Waals surface area contributed by atoms with E-state index in [0.717, 1.165) is 12.0 Å². The van der Waals surface area contributed by atoms with Crippen LogP contribution in [0.25, 0.3) is 0 Å². The van der Waals surface area contributed by atoms with Crippen molar-refractivity contribution in [1.29, 1.82) is 0 Å². The number of amides is 1. The van der Waals surface area contributed by atoms with Crippen LogP contribution in [0.5, 0.6) is 0 Å². The lowest BCUT2D eigenvalue weighted by atomic mass is 10.0. The Bertz CT molecular complexity index is 1270. The minimum Gasteiger partial charge on any atom is -0.322 e. The van der Waals surface area contributed by atoms with Gasteiger partial charge in [-0.2, -0.15) is 0 Å². The second-order valence-electron chi connectivity index (χ2n) is 7.17. The van der Waals surface area contributed by atoms with Crippen LogP contribution in [-0.2, 0) is 16.4 Å². The summed E-state index contributed by atoms with van der Waals surface area (Å²) in [6.45, 7) is 1.94. The molecule has 0 atom stereocenters. The zero-order chi connectivity index (χ0) is 22.2. The third-order valence-corrected chi connectivity index (χ3v) is 8.30. The molecule has 0 aliphatic carbocycles. The molecule has 0 spiro atoms. The summed E-state index contributed by atoms with van der Waals surface area (Å²) in [5.41, 5.74) is 2.51. The van der Waals surface area contributed by atoms with E-state index in [9.17, 15) is 23.3 Å². The lowest BCUT2D eigenvalue weighted by molar-refractivity contribution is -0.385. The second-order valence-corrected chi connectivity index (χ2v) is 10.2. The molecule has 31 heavy (non-hydrogen) atoms. The zero-order valence-electron chi connectivity index (χ0n) is 16.6. The number of nitro benzene ring substituents is 1. The Morgan fingerprint density at radius 1 is 1.19 bits per heavy atom. The first kappa shape index (κ1) is 21.0. The van der Waals surface area contributed by atoms with E-state index in [2.05, 4.69) is 5.32 Å². The fraction of sp³-hybridized carbons (Fsp3) is 0.190. The van der Waals surface area contributed by atoms with Gasteiger partial charge in [0.15, 0.2) is 0 Å². The summed E-state index contributed by atoms with van der Waals surface area (Å²) in [6.07, 6.45) is 1.47. The standard InChI is InChI=1S/C21H19N3O5S2/c1-14-12-16(7-9-18(14)24(26)27)21(25)22-17-8-6-15-4-2-10-23(19(15)13-17)31(28,29)20-5-3-11-30-20/h3,5-9,11-13H,2,4,10H2,1H3,(H,22,25). The highest BCUT2D eigenvalue weighted by atomic mass is 32.2. The molecule has 160 valence electrons. The molecule has 2 heterocycles. The van der Waals surface area contributed by atoms with E-state index in [0.29, 0.717) is 29.9 Å². The van der Waals surface area contributed by atoms with Crippen LogP contribution in [0.1, 0.15) is 27.9 Å². The predicted molar refractivity (Wildman–Crippen MR) is 119 cm³/mol. The number of nitrogens with one attached hydrogen (secondary N) is 1. The van der Waals surface area contributed by atoms with Crippen molar-refractivity contribution in [3.8, 4) is 0 Å². The molecular formula is C21H19N3O5S2. The molecule has 0 bridgehead atoms. The Kier molecular flexibility index (Phi) is 5.50. The number of nitro groups is 1. The number of benzene rings is 2. The van der Waals surface area contributed by atoms with E-state index in [1.807, 2.05) is 6.07 Å². The summed E-state index contributed by atoms with van der Waals surface area (Å²) >= 11 is 1.17. The number of carbonyl (C=O) groups is 1. The van der Waals surface area contributed by atoms with Gasteiger partial charge < -0.3 is 5.32 Å². The highest BCUT2D eigenvalue weighted by Gasteiger charge is 2.30. The van der Waals surface area contributed by atoms with E-state index in [4.69, 9.17) is 0 Å². The quantitative estimate of drug-likeness (QED) is 0.452. The van der Waals surface area contributed by atoms with E-state index in [1.165, 1.54) is 33.8 Å². The number of nitrogens with zero attached hydrogens (tertiary/aromatic N) is 2. The minimum atomic E-state index is -3.67. The number of sulfonamides is 1. The second kappa shape index (κ2) is 8.12.